The van der Waals surface area contributed by atoms with Gasteiger partial charge in [0.05, 0.1) is 6.10 Å². The Morgan fingerprint density at radius 2 is 1.67 bits per heavy atom. The molecule has 1 aliphatic rings. The maximum Gasteiger partial charge on any atom is 0.194 e. The normalized spacial score (nSPS) is 20.8. The lowest BCUT2D eigenvalue weighted by Crippen LogP contribution is -2.19. The molecule has 2 aromatic rings. The summed E-state index contributed by atoms with van der Waals surface area (Å²) in [5.41, 5.74) is 0.441. The van der Waals surface area contributed by atoms with Crippen molar-refractivity contribution in [1.82, 2.24) is 0 Å². The van der Waals surface area contributed by atoms with Gasteiger partial charge in [-0.05, 0) is 29.8 Å². The van der Waals surface area contributed by atoms with Gasteiger partial charge in [0.2, 0.25) is 0 Å². The summed E-state index contributed by atoms with van der Waals surface area (Å²) >= 11 is 0. The van der Waals surface area contributed by atoms with Gasteiger partial charge in [-0.2, -0.15) is 0 Å². The quantitative estimate of drug-likeness (QED) is 0.641. The van der Waals surface area contributed by atoms with E-state index in [2.05, 4.69) is 0 Å². The number of rotatable bonds is 1. The van der Waals surface area contributed by atoms with Crippen LogP contribution in [0.4, 0.5) is 17.6 Å². The van der Waals surface area contributed by atoms with Gasteiger partial charge in [0, 0.05) is 18.1 Å². The second kappa shape index (κ2) is 5.04. The maximum atomic E-state index is 13.3. The molecule has 1 unspecified atom stereocenters. The smallest absolute Gasteiger partial charge is 0.194 e. The predicted octanol–water partition coefficient (Wildman–Crippen LogP) is 3.80. The molecule has 0 aromatic heterocycles. The lowest BCUT2D eigenvalue weighted by Gasteiger charge is -2.30. The Hall–Kier alpha value is -2.08. The maximum absolute atomic E-state index is 13.3. The first-order valence-corrected chi connectivity index (χ1v) is 6.24. The molecule has 0 amide bonds. The zero-order valence-electron chi connectivity index (χ0n) is 10.6. The molecule has 0 radical (unpaired) electrons. The van der Waals surface area contributed by atoms with Crippen LogP contribution in [0.3, 0.4) is 0 Å². The number of hydrogen-bond acceptors (Lipinski definition) is 2. The minimum absolute atomic E-state index is 0.0309. The second-order valence-corrected chi connectivity index (χ2v) is 4.84. The molecule has 0 saturated heterocycles. The molecule has 2 atom stereocenters. The van der Waals surface area contributed by atoms with E-state index in [0.717, 1.165) is 18.2 Å². The number of halogens is 4. The van der Waals surface area contributed by atoms with Crippen molar-refractivity contribution in [1.29, 1.82) is 0 Å². The molecule has 2 nitrogen and oxygen atoms in total. The third-order valence-electron chi connectivity index (χ3n) is 3.42. The molecule has 0 bridgehead atoms. The van der Waals surface area contributed by atoms with Gasteiger partial charge < -0.3 is 9.84 Å². The summed E-state index contributed by atoms with van der Waals surface area (Å²) in [5, 5.41) is 10.0. The molecular weight excluding hydrogens is 288 g/mol. The Bertz CT molecular complexity index is 679. The van der Waals surface area contributed by atoms with Crippen LogP contribution in [0.2, 0.25) is 0 Å². The van der Waals surface area contributed by atoms with E-state index in [1.165, 1.54) is 12.1 Å². The summed E-state index contributed by atoms with van der Waals surface area (Å²) in [6.45, 7) is 0. The van der Waals surface area contributed by atoms with E-state index in [1.807, 2.05) is 0 Å². The molecule has 2 aromatic carbocycles. The minimum Gasteiger partial charge on any atom is -0.485 e. The largest absolute Gasteiger partial charge is 0.485 e. The van der Waals surface area contributed by atoms with Crippen molar-refractivity contribution in [2.45, 2.75) is 18.6 Å². The van der Waals surface area contributed by atoms with Crippen molar-refractivity contribution in [3.8, 4) is 5.75 Å². The minimum atomic E-state index is -1.57. The Balaban J connectivity index is 1.99. The summed E-state index contributed by atoms with van der Waals surface area (Å²) < 4.78 is 58.1. The van der Waals surface area contributed by atoms with Crippen molar-refractivity contribution in [3.05, 3.63) is 64.7 Å². The van der Waals surface area contributed by atoms with E-state index in [4.69, 9.17) is 4.74 Å². The standard InChI is InChI=1S/C15H10F4O2/c16-8-1-2-9-12(20)6-13(21-14(9)5-8)7-3-10(17)15(19)11(18)4-7/h1-5,12-13,20H,6H2/t12-,13?/m1/s1. The van der Waals surface area contributed by atoms with Crippen molar-refractivity contribution in [2.24, 2.45) is 0 Å². The van der Waals surface area contributed by atoms with Crippen LogP contribution in [0, 0.1) is 23.3 Å². The van der Waals surface area contributed by atoms with Crippen molar-refractivity contribution in [2.75, 3.05) is 0 Å². The first-order chi connectivity index (χ1) is 9.95. The summed E-state index contributed by atoms with van der Waals surface area (Å²) in [6.07, 6.45) is -1.82. The van der Waals surface area contributed by atoms with Gasteiger partial charge in [-0.25, -0.2) is 17.6 Å². The van der Waals surface area contributed by atoms with E-state index in [1.54, 1.807) is 0 Å². The van der Waals surface area contributed by atoms with Gasteiger partial charge in [0.1, 0.15) is 17.7 Å². The zero-order valence-corrected chi connectivity index (χ0v) is 10.6. The van der Waals surface area contributed by atoms with Gasteiger partial charge in [0.25, 0.3) is 0 Å². The van der Waals surface area contributed by atoms with Gasteiger partial charge in [0.15, 0.2) is 17.5 Å². The molecule has 0 fully saturated rings. The van der Waals surface area contributed by atoms with E-state index in [0.29, 0.717) is 5.56 Å². The first-order valence-electron chi connectivity index (χ1n) is 6.24. The van der Waals surface area contributed by atoms with Crippen LogP contribution < -0.4 is 4.74 Å². The fraction of sp³-hybridized carbons (Fsp3) is 0.200. The molecule has 6 heteroatoms. The molecule has 0 aliphatic carbocycles. The van der Waals surface area contributed by atoms with Gasteiger partial charge in [-0.3, -0.25) is 0 Å². The highest BCUT2D eigenvalue weighted by Crippen LogP contribution is 2.41. The average Bonchev–Trinajstić information content (AvgIpc) is 2.43. The van der Waals surface area contributed by atoms with Gasteiger partial charge in [-0.15, -0.1) is 0 Å². The highest BCUT2D eigenvalue weighted by molar-refractivity contribution is 5.39. The fourth-order valence-corrected chi connectivity index (χ4v) is 2.38. The van der Waals surface area contributed by atoms with Crippen molar-refractivity contribution < 1.29 is 27.4 Å². The zero-order chi connectivity index (χ0) is 15.1. The summed E-state index contributed by atoms with van der Waals surface area (Å²) in [6, 6.07) is 5.27. The average molecular weight is 298 g/mol. The Kier molecular flexibility index (Phi) is 3.33. The first kappa shape index (κ1) is 13.9. The molecule has 21 heavy (non-hydrogen) atoms. The molecule has 1 heterocycles. The van der Waals surface area contributed by atoms with Crippen LogP contribution in [-0.4, -0.2) is 5.11 Å². The SMILES string of the molecule is O[C@@H]1CC(c2cc(F)c(F)c(F)c2)Oc2cc(F)ccc21. The third kappa shape index (κ3) is 2.47. The van der Waals surface area contributed by atoms with Crippen molar-refractivity contribution in [3.63, 3.8) is 0 Å². The fourth-order valence-electron chi connectivity index (χ4n) is 2.38. The Labute approximate surface area is 117 Å². The van der Waals surface area contributed by atoms with E-state index in [-0.39, 0.29) is 17.7 Å². The van der Waals surface area contributed by atoms with Gasteiger partial charge >= 0.3 is 0 Å². The molecule has 3 rings (SSSR count). The summed E-state index contributed by atoms with van der Waals surface area (Å²) in [7, 11) is 0. The number of aliphatic hydroxyl groups excluding tert-OH is 1. The number of benzene rings is 2. The van der Waals surface area contributed by atoms with E-state index in [9.17, 15) is 22.7 Å². The van der Waals surface area contributed by atoms with Crippen LogP contribution in [0.15, 0.2) is 30.3 Å². The highest BCUT2D eigenvalue weighted by atomic mass is 19.2. The second-order valence-electron chi connectivity index (χ2n) is 4.84. The molecule has 110 valence electrons. The Morgan fingerprint density at radius 1 is 1.00 bits per heavy atom. The number of hydrogen-bond donors (Lipinski definition) is 1. The lowest BCUT2D eigenvalue weighted by atomic mass is 9.95. The number of fused-ring (bicyclic) bond motifs is 1. The molecule has 0 spiro atoms. The Morgan fingerprint density at radius 3 is 2.33 bits per heavy atom. The van der Waals surface area contributed by atoms with Crippen LogP contribution in [0.1, 0.15) is 29.8 Å². The highest BCUT2D eigenvalue weighted by Gasteiger charge is 2.29. The molecule has 1 aliphatic heterocycles. The number of ether oxygens (including phenoxy) is 1. The lowest BCUT2D eigenvalue weighted by molar-refractivity contribution is 0.0649. The monoisotopic (exact) mass is 298 g/mol. The van der Waals surface area contributed by atoms with E-state index < -0.39 is 35.5 Å². The van der Waals surface area contributed by atoms with Crippen LogP contribution >= 0.6 is 0 Å². The van der Waals surface area contributed by atoms with Crippen LogP contribution in [0.5, 0.6) is 5.75 Å². The van der Waals surface area contributed by atoms with Crippen molar-refractivity contribution >= 4 is 0 Å². The molecule has 1 N–H and O–H groups in total. The molecular formula is C15H10F4O2. The van der Waals surface area contributed by atoms with Crippen LogP contribution in [0.25, 0.3) is 0 Å². The van der Waals surface area contributed by atoms with Gasteiger partial charge in [-0.1, -0.05) is 0 Å². The van der Waals surface area contributed by atoms with Crippen LogP contribution in [-0.2, 0) is 0 Å². The molecule has 0 saturated carbocycles. The third-order valence-corrected chi connectivity index (χ3v) is 3.42. The summed E-state index contributed by atoms with van der Waals surface area (Å²) in [4.78, 5) is 0. The predicted molar refractivity (Wildman–Crippen MR) is 65.7 cm³/mol. The topological polar surface area (TPSA) is 29.5 Å². The van der Waals surface area contributed by atoms with E-state index >= 15 is 0 Å². The summed E-state index contributed by atoms with van der Waals surface area (Å²) in [5.74, 6) is -4.70. The number of aliphatic hydroxyl groups is 1.